The number of anilines is 1. The van der Waals surface area contributed by atoms with Gasteiger partial charge in [0, 0.05) is 26.2 Å². The minimum Gasteiger partial charge on any atom is -0.351 e. The predicted molar refractivity (Wildman–Crippen MR) is 76.7 cm³/mol. The molecule has 3 aromatic rings. The van der Waals surface area contributed by atoms with Crippen LogP contribution in [0.2, 0.25) is 0 Å². The van der Waals surface area contributed by atoms with Gasteiger partial charge in [-0.15, -0.1) is 16.4 Å². The number of aromatic nitrogens is 5. The van der Waals surface area contributed by atoms with E-state index in [-0.39, 0.29) is 0 Å². The lowest BCUT2D eigenvalue weighted by molar-refractivity contribution is 0.586. The first-order valence-electron chi connectivity index (χ1n) is 5.96. The van der Waals surface area contributed by atoms with Gasteiger partial charge >= 0.3 is 0 Å². The van der Waals surface area contributed by atoms with E-state index < -0.39 is 0 Å². The molecule has 1 saturated heterocycles. The van der Waals surface area contributed by atoms with Gasteiger partial charge in [0.15, 0.2) is 5.82 Å². The predicted octanol–water partition coefficient (Wildman–Crippen LogP) is 0.906. The number of piperazine rings is 1. The number of hydrogen-bond donors (Lipinski definition) is 1. The molecule has 0 aliphatic carbocycles. The molecule has 9 heteroatoms. The third-order valence-electron chi connectivity index (χ3n) is 3.19. The van der Waals surface area contributed by atoms with Crippen LogP contribution in [-0.2, 0) is 0 Å². The molecule has 0 atom stereocenters. The Morgan fingerprint density at radius 3 is 3.00 bits per heavy atom. The topological polar surface area (TPSA) is 71.2 Å². The van der Waals surface area contributed by atoms with Crippen molar-refractivity contribution in [1.82, 2.24) is 30.3 Å². The number of rotatable bonds is 1. The van der Waals surface area contributed by atoms with Gasteiger partial charge in [-0.25, -0.2) is 4.98 Å². The zero-order valence-electron chi connectivity index (χ0n) is 9.88. The van der Waals surface area contributed by atoms with Crippen molar-refractivity contribution >= 4 is 49.1 Å². The molecular formula is C10H10BrN7S. The lowest BCUT2D eigenvalue weighted by atomic mass is 10.3. The standard InChI is InChI=1S/C10H10BrN7S/c11-7-5-6-10(19-7)13-8(9-14-15-16-18(6)9)17-3-1-12-2-4-17/h5,12H,1-4H2. The Balaban J connectivity index is 1.98. The molecule has 0 saturated carbocycles. The summed E-state index contributed by atoms with van der Waals surface area (Å²) < 4.78 is 2.80. The molecule has 1 aliphatic heterocycles. The second-order valence-corrected chi connectivity index (χ2v) is 6.74. The fourth-order valence-corrected chi connectivity index (χ4v) is 3.71. The first-order chi connectivity index (χ1) is 9.33. The van der Waals surface area contributed by atoms with Crippen LogP contribution in [0, 0.1) is 0 Å². The van der Waals surface area contributed by atoms with Crippen LogP contribution in [0.3, 0.4) is 0 Å². The molecule has 0 unspecified atom stereocenters. The molecule has 7 nitrogen and oxygen atoms in total. The summed E-state index contributed by atoms with van der Waals surface area (Å²) in [6.45, 7) is 3.77. The van der Waals surface area contributed by atoms with Gasteiger partial charge in [-0.05, 0) is 32.4 Å². The summed E-state index contributed by atoms with van der Waals surface area (Å²) in [6.07, 6.45) is 0. The second-order valence-electron chi connectivity index (χ2n) is 4.33. The van der Waals surface area contributed by atoms with Crippen molar-refractivity contribution in [2.45, 2.75) is 0 Å². The highest BCUT2D eigenvalue weighted by Gasteiger charge is 2.20. The molecule has 3 aromatic heterocycles. The average Bonchev–Trinajstić information content (AvgIpc) is 3.03. The van der Waals surface area contributed by atoms with E-state index in [0.717, 1.165) is 51.8 Å². The van der Waals surface area contributed by atoms with Crippen LogP contribution in [0.15, 0.2) is 9.85 Å². The maximum absolute atomic E-state index is 4.74. The van der Waals surface area contributed by atoms with Crippen molar-refractivity contribution < 1.29 is 0 Å². The van der Waals surface area contributed by atoms with Gasteiger partial charge in [-0.1, -0.05) is 0 Å². The van der Waals surface area contributed by atoms with Gasteiger partial charge in [0.05, 0.1) is 3.79 Å². The lowest BCUT2D eigenvalue weighted by Gasteiger charge is -2.28. The van der Waals surface area contributed by atoms with Crippen LogP contribution < -0.4 is 10.2 Å². The molecule has 0 radical (unpaired) electrons. The fourth-order valence-electron chi connectivity index (χ4n) is 2.30. The molecule has 4 rings (SSSR count). The zero-order chi connectivity index (χ0) is 12.8. The number of nitrogens with one attached hydrogen (secondary N) is 1. The average molecular weight is 340 g/mol. The molecule has 19 heavy (non-hydrogen) atoms. The van der Waals surface area contributed by atoms with E-state index in [9.17, 15) is 0 Å². The van der Waals surface area contributed by atoms with Crippen molar-refractivity contribution in [3.05, 3.63) is 9.85 Å². The van der Waals surface area contributed by atoms with Crippen LogP contribution in [0.25, 0.3) is 16.0 Å². The van der Waals surface area contributed by atoms with Crippen LogP contribution >= 0.6 is 27.3 Å². The molecule has 0 spiro atoms. The Morgan fingerprint density at radius 1 is 1.32 bits per heavy atom. The Morgan fingerprint density at radius 2 is 2.16 bits per heavy atom. The molecule has 1 aliphatic rings. The van der Waals surface area contributed by atoms with Crippen molar-refractivity contribution in [3.8, 4) is 0 Å². The number of tetrazole rings is 1. The quantitative estimate of drug-likeness (QED) is 0.710. The van der Waals surface area contributed by atoms with E-state index in [2.05, 4.69) is 41.7 Å². The highest BCUT2D eigenvalue weighted by atomic mass is 79.9. The first kappa shape index (κ1) is 11.5. The Hall–Kier alpha value is -1.32. The third-order valence-corrected chi connectivity index (χ3v) is 4.71. The maximum Gasteiger partial charge on any atom is 0.222 e. The molecule has 0 bridgehead atoms. The summed E-state index contributed by atoms with van der Waals surface area (Å²) in [7, 11) is 0. The highest BCUT2D eigenvalue weighted by Crippen LogP contribution is 2.31. The van der Waals surface area contributed by atoms with Crippen LogP contribution in [0.1, 0.15) is 0 Å². The van der Waals surface area contributed by atoms with E-state index in [1.165, 1.54) is 0 Å². The zero-order valence-corrected chi connectivity index (χ0v) is 12.3. The summed E-state index contributed by atoms with van der Waals surface area (Å²) >= 11 is 5.09. The largest absolute Gasteiger partial charge is 0.351 e. The fraction of sp³-hybridized carbons (Fsp3) is 0.400. The normalized spacial score (nSPS) is 16.6. The van der Waals surface area contributed by atoms with E-state index in [0.29, 0.717) is 0 Å². The van der Waals surface area contributed by atoms with Crippen LogP contribution in [0.4, 0.5) is 5.82 Å². The van der Waals surface area contributed by atoms with Crippen LogP contribution in [0.5, 0.6) is 0 Å². The van der Waals surface area contributed by atoms with Crippen molar-refractivity contribution in [2.24, 2.45) is 0 Å². The van der Waals surface area contributed by atoms with Gasteiger partial charge in [0.2, 0.25) is 5.65 Å². The maximum atomic E-state index is 4.74. The van der Waals surface area contributed by atoms with E-state index in [4.69, 9.17) is 4.98 Å². The molecule has 1 fully saturated rings. The van der Waals surface area contributed by atoms with E-state index in [1.54, 1.807) is 15.9 Å². The summed E-state index contributed by atoms with van der Waals surface area (Å²) in [5.41, 5.74) is 1.66. The number of nitrogens with zero attached hydrogens (tertiary/aromatic N) is 6. The summed E-state index contributed by atoms with van der Waals surface area (Å²) in [5.74, 6) is 0.869. The monoisotopic (exact) mass is 339 g/mol. The van der Waals surface area contributed by atoms with E-state index in [1.807, 2.05) is 6.07 Å². The molecule has 0 aromatic carbocycles. The minimum absolute atomic E-state index is 0.722. The highest BCUT2D eigenvalue weighted by molar-refractivity contribution is 9.11. The molecule has 98 valence electrons. The molecule has 1 N–H and O–H groups in total. The first-order valence-corrected chi connectivity index (χ1v) is 7.57. The summed E-state index contributed by atoms with van der Waals surface area (Å²) in [5, 5.41) is 15.3. The Bertz CT molecular complexity index is 745. The molecule has 0 amide bonds. The van der Waals surface area contributed by atoms with E-state index >= 15 is 0 Å². The minimum atomic E-state index is 0.722. The summed E-state index contributed by atoms with van der Waals surface area (Å²) in [6, 6.07) is 2.00. The second kappa shape index (κ2) is 4.36. The SMILES string of the molecule is Brc1cc2c(nc(N3CCNCC3)c3nnnn32)s1. The smallest absolute Gasteiger partial charge is 0.222 e. The van der Waals surface area contributed by atoms with Crippen molar-refractivity contribution in [3.63, 3.8) is 0 Å². The Labute approximate surface area is 120 Å². The number of hydrogen-bond acceptors (Lipinski definition) is 7. The van der Waals surface area contributed by atoms with Gasteiger partial charge in [0.25, 0.3) is 0 Å². The lowest BCUT2D eigenvalue weighted by Crippen LogP contribution is -2.44. The van der Waals surface area contributed by atoms with Gasteiger partial charge in [0.1, 0.15) is 10.3 Å². The molecular weight excluding hydrogens is 330 g/mol. The summed E-state index contributed by atoms with van der Waals surface area (Å²) in [4.78, 5) is 7.92. The van der Waals surface area contributed by atoms with Crippen molar-refractivity contribution in [2.75, 3.05) is 31.1 Å². The van der Waals surface area contributed by atoms with Gasteiger partial charge in [-0.3, -0.25) is 0 Å². The van der Waals surface area contributed by atoms with Gasteiger partial charge in [-0.2, -0.15) is 4.52 Å². The Kier molecular flexibility index (Phi) is 2.64. The number of halogens is 1. The number of fused-ring (bicyclic) bond motifs is 3. The number of thiophene rings is 1. The van der Waals surface area contributed by atoms with Crippen molar-refractivity contribution in [1.29, 1.82) is 0 Å². The third kappa shape index (κ3) is 1.80. The van der Waals surface area contributed by atoms with Crippen LogP contribution in [-0.4, -0.2) is 51.2 Å². The van der Waals surface area contributed by atoms with Gasteiger partial charge < -0.3 is 10.2 Å². The molecule has 4 heterocycles.